The van der Waals surface area contributed by atoms with Crippen LogP contribution in [0.1, 0.15) is 129 Å². The van der Waals surface area contributed by atoms with Crippen molar-refractivity contribution in [2.24, 2.45) is 11.3 Å². The predicted molar refractivity (Wildman–Crippen MR) is 121 cm³/mol. The molecule has 0 aromatic heterocycles. The number of hydrogen-bond donors (Lipinski definition) is 0. The Morgan fingerprint density at radius 3 is 1.93 bits per heavy atom. The molecule has 0 N–H and O–H groups in total. The topological polar surface area (TPSA) is 42.2 Å². The van der Waals surface area contributed by atoms with E-state index < -0.39 is 0 Å². The lowest BCUT2D eigenvalue weighted by Gasteiger charge is -2.35. The summed E-state index contributed by atoms with van der Waals surface area (Å²) in [6, 6.07) is 2.66. The van der Waals surface area contributed by atoms with E-state index in [0.717, 1.165) is 38.0 Å². The quantitative estimate of drug-likeness (QED) is 0.218. The molecular weight excluding hydrogens is 358 g/mol. The average molecular weight is 406 g/mol. The van der Waals surface area contributed by atoms with Gasteiger partial charge in [-0.15, -0.1) is 0 Å². The molecule has 0 aromatic carbocycles. The Balaban J connectivity index is 1.53. The highest BCUT2D eigenvalue weighted by Gasteiger charge is 2.35. The molecule has 0 bridgehead atoms. The summed E-state index contributed by atoms with van der Waals surface area (Å²) in [6.45, 7) is 4.98. The molecule has 0 spiro atoms. The Kier molecular flexibility index (Phi) is 12.3. The standard InChI is InChI=1S/C26H47NO2/c1-3-5-7-9-11-23-12-14-24(15-13-23)28-22-29-25-16-19-26(21-27,20-17-25)18-10-8-6-4-2/h23-25H,3-20,22H2,1-2H3/t23-,24-,25-,26-. The van der Waals surface area contributed by atoms with Crippen molar-refractivity contribution < 1.29 is 9.47 Å². The van der Waals surface area contributed by atoms with Gasteiger partial charge in [0.15, 0.2) is 0 Å². The van der Waals surface area contributed by atoms with Gasteiger partial charge in [-0.05, 0) is 63.7 Å². The summed E-state index contributed by atoms with van der Waals surface area (Å²) in [7, 11) is 0. The SMILES string of the molecule is CCCCCC[C@H]1CC[C@H](OCO[C@H]2CC[C@@](C#N)(CCCCCC)CC2)CC1. The lowest BCUT2D eigenvalue weighted by molar-refractivity contribution is -0.137. The van der Waals surface area contributed by atoms with Crippen molar-refractivity contribution >= 4 is 0 Å². The van der Waals surface area contributed by atoms with E-state index in [1.165, 1.54) is 83.5 Å². The molecule has 0 saturated heterocycles. The number of unbranched alkanes of at least 4 members (excludes halogenated alkanes) is 6. The van der Waals surface area contributed by atoms with Gasteiger partial charge in [0.2, 0.25) is 0 Å². The first kappa shape index (κ1) is 24.7. The Labute approximate surface area is 180 Å². The van der Waals surface area contributed by atoms with Crippen molar-refractivity contribution in [3.63, 3.8) is 0 Å². The van der Waals surface area contributed by atoms with E-state index in [4.69, 9.17) is 9.47 Å². The Bertz CT molecular complexity index is 442. The molecule has 0 heterocycles. The minimum Gasteiger partial charge on any atom is -0.352 e. The van der Waals surface area contributed by atoms with E-state index in [1.807, 2.05) is 0 Å². The van der Waals surface area contributed by atoms with Gasteiger partial charge >= 0.3 is 0 Å². The fourth-order valence-electron chi connectivity index (χ4n) is 5.30. The van der Waals surface area contributed by atoms with Crippen LogP contribution in [0.4, 0.5) is 0 Å². The van der Waals surface area contributed by atoms with Crippen molar-refractivity contribution in [1.29, 1.82) is 5.26 Å². The minimum atomic E-state index is -0.0794. The maximum atomic E-state index is 9.72. The minimum absolute atomic E-state index is 0.0794. The lowest BCUT2D eigenvalue weighted by atomic mass is 9.71. The largest absolute Gasteiger partial charge is 0.352 e. The molecule has 3 heteroatoms. The molecule has 2 aliphatic carbocycles. The molecule has 2 saturated carbocycles. The van der Waals surface area contributed by atoms with Crippen LogP contribution in [0.3, 0.4) is 0 Å². The maximum absolute atomic E-state index is 9.72. The number of rotatable bonds is 14. The zero-order valence-electron chi connectivity index (χ0n) is 19.4. The van der Waals surface area contributed by atoms with E-state index in [2.05, 4.69) is 19.9 Å². The summed E-state index contributed by atoms with van der Waals surface area (Å²) in [6.07, 6.45) is 22.9. The first-order valence-corrected chi connectivity index (χ1v) is 12.9. The van der Waals surface area contributed by atoms with Crippen LogP contribution in [0.2, 0.25) is 0 Å². The van der Waals surface area contributed by atoms with Gasteiger partial charge in [0.25, 0.3) is 0 Å². The van der Waals surface area contributed by atoms with Crippen LogP contribution in [-0.2, 0) is 9.47 Å². The summed E-state index contributed by atoms with van der Waals surface area (Å²) in [4.78, 5) is 0. The van der Waals surface area contributed by atoms with Gasteiger partial charge in [-0.3, -0.25) is 0 Å². The van der Waals surface area contributed by atoms with Crippen molar-refractivity contribution in [2.45, 2.75) is 142 Å². The second-order valence-corrected chi connectivity index (χ2v) is 9.85. The fourth-order valence-corrected chi connectivity index (χ4v) is 5.30. The van der Waals surface area contributed by atoms with E-state index in [0.29, 0.717) is 19.0 Å². The fraction of sp³-hybridized carbons (Fsp3) is 0.962. The predicted octanol–water partition coefficient (Wildman–Crippen LogP) is 7.93. The molecule has 2 fully saturated rings. The molecule has 0 aromatic rings. The second kappa shape index (κ2) is 14.4. The van der Waals surface area contributed by atoms with Crippen LogP contribution in [0.15, 0.2) is 0 Å². The molecule has 0 aliphatic heterocycles. The van der Waals surface area contributed by atoms with Gasteiger partial charge in [0.05, 0.1) is 23.7 Å². The van der Waals surface area contributed by atoms with Gasteiger partial charge in [0, 0.05) is 0 Å². The van der Waals surface area contributed by atoms with E-state index in [1.54, 1.807) is 0 Å². The van der Waals surface area contributed by atoms with Crippen molar-refractivity contribution in [3.05, 3.63) is 0 Å². The molecule has 0 radical (unpaired) electrons. The number of ether oxygens (including phenoxy) is 2. The van der Waals surface area contributed by atoms with Crippen molar-refractivity contribution in [2.75, 3.05) is 6.79 Å². The molecule has 168 valence electrons. The van der Waals surface area contributed by atoms with E-state index in [9.17, 15) is 5.26 Å². The monoisotopic (exact) mass is 405 g/mol. The lowest BCUT2D eigenvalue weighted by Crippen LogP contribution is -2.31. The molecule has 3 nitrogen and oxygen atoms in total. The third kappa shape index (κ3) is 9.39. The first-order chi connectivity index (χ1) is 14.2. The number of hydrogen-bond acceptors (Lipinski definition) is 3. The number of nitrogens with zero attached hydrogens (tertiary/aromatic N) is 1. The highest BCUT2D eigenvalue weighted by Crippen LogP contribution is 2.41. The van der Waals surface area contributed by atoms with Gasteiger partial charge in [0.1, 0.15) is 6.79 Å². The van der Waals surface area contributed by atoms with Crippen LogP contribution in [0.5, 0.6) is 0 Å². The van der Waals surface area contributed by atoms with E-state index in [-0.39, 0.29) is 5.41 Å². The van der Waals surface area contributed by atoms with Gasteiger partial charge in [-0.2, -0.15) is 5.26 Å². The second-order valence-electron chi connectivity index (χ2n) is 9.85. The van der Waals surface area contributed by atoms with E-state index >= 15 is 0 Å². The Morgan fingerprint density at radius 2 is 1.34 bits per heavy atom. The van der Waals surface area contributed by atoms with Crippen LogP contribution in [-0.4, -0.2) is 19.0 Å². The molecule has 0 atom stereocenters. The summed E-state index contributed by atoms with van der Waals surface area (Å²) in [5.74, 6) is 0.933. The zero-order chi connectivity index (χ0) is 20.8. The van der Waals surface area contributed by atoms with Crippen molar-refractivity contribution in [3.8, 4) is 6.07 Å². The Hall–Kier alpha value is -0.590. The molecule has 2 rings (SSSR count). The highest BCUT2D eigenvalue weighted by atomic mass is 16.7. The zero-order valence-corrected chi connectivity index (χ0v) is 19.4. The summed E-state index contributed by atoms with van der Waals surface area (Å²) in [5.41, 5.74) is -0.0794. The molecule has 0 amide bonds. The average Bonchev–Trinajstić information content (AvgIpc) is 2.76. The van der Waals surface area contributed by atoms with Crippen LogP contribution in [0.25, 0.3) is 0 Å². The van der Waals surface area contributed by atoms with Crippen molar-refractivity contribution in [1.82, 2.24) is 0 Å². The molecule has 0 unspecified atom stereocenters. The summed E-state index contributed by atoms with van der Waals surface area (Å²) >= 11 is 0. The third-order valence-corrected chi connectivity index (χ3v) is 7.50. The third-order valence-electron chi connectivity index (χ3n) is 7.50. The molecule has 2 aliphatic rings. The van der Waals surface area contributed by atoms with Gasteiger partial charge in [-0.25, -0.2) is 0 Å². The first-order valence-electron chi connectivity index (χ1n) is 12.9. The highest BCUT2D eigenvalue weighted by molar-refractivity contribution is 5.01. The number of nitriles is 1. The van der Waals surface area contributed by atoms with Crippen LogP contribution in [0, 0.1) is 22.7 Å². The van der Waals surface area contributed by atoms with Gasteiger partial charge < -0.3 is 9.47 Å². The Morgan fingerprint density at radius 1 is 0.759 bits per heavy atom. The molecular formula is C26H47NO2. The normalized spacial score (nSPS) is 30.2. The summed E-state index contributed by atoms with van der Waals surface area (Å²) < 4.78 is 12.1. The van der Waals surface area contributed by atoms with Crippen LogP contribution >= 0.6 is 0 Å². The molecule has 29 heavy (non-hydrogen) atoms. The van der Waals surface area contributed by atoms with Gasteiger partial charge in [-0.1, -0.05) is 71.6 Å². The van der Waals surface area contributed by atoms with Crippen LogP contribution < -0.4 is 0 Å². The maximum Gasteiger partial charge on any atom is 0.147 e. The smallest absolute Gasteiger partial charge is 0.147 e. The summed E-state index contributed by atoms with van der Waals surface area (Å²) in [5, 5.41) is 9.72.